The van der Waals surface area contributed by atoms with Crippen molar-refractivity contribution >= 4 is 5.69 Å². The van der Waals surface area contributed by atoms with E-state index in [0.717, 1.165) is 12.5 Å². The van der Waals surface area contributed by atoms with E-state index in [-0.39, 0.29) is 6.04 Å². The van der Waals surface area contributed by atoms with E-state index >= 15 is 0 Å². The second kappa shape index (κ2) is 4.23. The van der Waals surface area contributed by atoms with Crippen LogP contribution >= 0.6 is 0 Å². The van der Waals surface area contributed by atoms with Gasteiger partial charge in [-0.3, -0.25) is 0 Å². The van der Waals surface area contributed by atoms with Crippen LogP contribution in [0.4, 0.5) is 5.69 Å². The van der Waals surface area contributed by atoms with Crippen molar-refractivity contribution in [1.82, 2.24) is 0 Å². The summed E-state index contributed by atoms with van der Waals surface area (Å²) in [4.78, 5) is 2.38. The molecule has 0 unspecified atom stereocenters. The molecular formula is C13H20N2. The van der Waals surface area contributed by atoms with Crippen LogP contribution in [0.15, 0.2) is 24.3 Å². The topological polar surface area (TPSA) is 29.3 Å². The number of nitrogens with two attached hydrogens (primary N) is 1. The molecule has 2 nitrogen and oxygen atoms in total. The van der Waals surface area contributed by atoms with Gasteiger partial charge in [-0.05, 0) is 30.9 Å². The van der Waals surface area contributed by atoms with Crippen LogP contribution in [0.3, 0.4) is 0 Å². The third kappa shape index (κ3) is 2.15. The molecule has 2 heteroatoms. The summed E-state index contributed by atoms with van der Waals surface area (Å²) in [5, 5.41) is 0. The van der Waals surface area contributed by atoms with Gasteiger partial charge >= 0.3 is 0 Å². The number of rotatable bonds is 4. The van der Waals surface area contributed by atoms with Crippen molar-refractivity contribution in [3.8, 4) is 0 Å². The molecule has 1 aliphatic rings. The Hall–Kier alpha value is -1.02. The molecule has 82 valence electrons. The van der Waals surface area contributed by atoms with Gasteiger partial charge in [0.15, 0.2) is 0 Å². The molecule has 0 amide bonds. The molecule has 0 saturated heterocycles. The first kappa shape index (κ1) is 10.5. The summed E-state index contributed by atoms with van der Waals surface area (Å²) in [5.74, 6) is 0. The normalized spacial score (nSPS) is 17.5. The van der Waals surface area contributed by atoms with E-state index in [1.54, 1.807) is 0 Å². The maximum atomic E-state index is 6.13. The van der Waals surface area contributed by atoms with Crippen molar-refractivity contribution < 1.29 is 0 Å². The molecule has 1 atom stereocenters. The number of nitrogens with zero attached hydrogens (tertiary/aromatic N) is 1. The Morgan fingerprint density at radius 2 is 2.07 bits per heavy atom. The van der Waals surface area contributed by atoms with Gasteiger partial charge in [0.2, 0.25) is 0 Å². The molecule has 1 aliphatic carbocycles. The number of para-hydroxylation sites is 1. The Morgan fingerprint density at radius 3 is 2.67 bits per heavy atom. The molecule has 2 rings (SSSR count). The fraction of sp³-hybridized carbons (Fsp3) is 0.538. The summed E-state index contributed by atoms with van der Waals surface area (Å²) in [7, 11) is 2.18. The lowest BCUT2D eigenvalue weighted by Crippen LogP contribution is -2.23. The second-order valence-corrected chi connectivity index (χ2v) is 4.42. The van der Waals surface area contributed by atoms with Crippen molar-refractivity contribution in [2.45, 2.75) is 38.3 Å². The zero-order chi connectivity index (χ0) is 10.8. The standard InChI is InChI=1S/C13H20N2/c1-3-12(14)11-6-4-5-7-13(11)15(2)10-8-9-10/h4-7,10,12H,3,8-9,14H2,1-2H3/t12-/m1/s1. The van der Waals surface area contributed by atoms with E-state index in [9.17, 15) is 0 Å². The van der Waals surface area contributed by atoms with Crippen LogP contribution in [0.1, 0.15) is 37.8 Å². The molecule has 1 saturated carbocycles. The maximum Gasteiger partial charge on any atom is 0.0414 e. The Bertz CT molecular complexity index is 331. The number of hydrogen-bond acceptors (Lipinski definition) is 2. The van der Waals surface area contributed by atoms with Gasteiger partial charge in [0.25, 0.3) is 0 Å². The van der Waals surface area contributed by atoms with Gasteiger partial charge in [0.1, 0.15) is 0 Å². The predicted molar refractivity (Wildman–Crippen MR) is 65.1 cm³/mol. The molecule has 0 bridgehead atoms. The Morgan fingerprint density at radius 1 is 1.40 bits per heavy atom. The van der Waals surface area contributed by atoms with Gasteiger partial charge in [0.05, 0.1) is 0 Å². The lowest BCUT2D eigenvalue weighted by atomic mass is 10.0. The quantitative estimate of drug-likeness (QED) is 0.817. The molecule has 0 radical (unpaired) electrons. The largest absolute Gasteiger partial charge is 0.371 e. The Kier molecular flexibility index (Phi) is 2.96. The minimum Gasteiger partial charge on any atom is -0.371 e. The van der Waals surface area contributed by atoms with Crippen molar-refractivity contribution in [2.75, 3.05) is 11.9 Å². The van der Waals surface area contributed by atoms with Crippen LogP contribution in [0.5, 0.6) is 0 Å². The van der Waals surface area contributed by atoms with Crippen molar-refractivity contribution in [2.24, 2.45) is 5.73 Å². The third-order valence-corrected chi connectivity index (χ3v) is 3.25. The predicted octanol–water partition coefficient (Wildman–Crippen LogP) is 2.70. The smallest absolute Gasteiger partial charge is 0.0414 e. The van der Waals surface area contributed by atoms with Gasteiger partial charge in [0, 0.05) is 24.8 Å². The molecule has 0 aromatic heterocycles. The summed E-state index contributed by atoms with van der Waals surface area (Å²) in [5.41, 5.74) is 8.73. The molecule has 0 spiro atoms. The lowest BCUT2D eigenvalue weighted by molar-refractivity contribution is 0.694. The molecule has 2 N–H and O–H groups in total. The average Bonchev–Trinajstić information content (AvgIpc) is 3.11. The van der Waals surface area contributed by atoms with Crippen LogP contribution < -0.4 is 10.6 Å². The van der Waals surface area contributed by atoms with Gasteiger partial charge in [-0.2, -0.15) is 0 Å². The molecular weight excluding hydrogens is 184 g/mol. The summed E-state index contributed by atoms with van der Waals surface area (Å²) in [6, 6.07) is 9.43. The van der Waals surface area contributed by atoms with E-state index in [2.05, 4.69) is 43.1 Å². The van der Waals surface area contributed by atoms with Crippen molar-refractivity contribution in [1.29, 1.82) is 0 Å². The Labute approximate surface area is 92.1 Å². The van der Waals surface area contributed by atoms with Gasteiger partial charge in [-0.15, -0.1) is 0 Å². The highest BCUT2D eigenvalue weighted by atomic mass is 15.2. The minimum atomic E-state index is 0.169. The fourth-order valence-corrected chi connectivity index (χ4v) is 2.00. The van der Waals surface area contributed by atoms with Gasteiger partial charge in [-0.25, -0.2) is 0 Å². The molecule has 1 aromatic rings. The first-order valence-corrected chi connectivity index (χ1v) is 5.81. The van der Waals surface area contributed by atoms with Crippen LogP contribution in [0.2, 0.25) is 0 Å². The lowest BCUT2D eigenvalue weighted by Gasteiger charge is -2.24. The SMILES string of the molecule is CC[C@@H](N)c1ccccc1N(C)C1CC1. The summed E-state index contributed by atoms with van der Waals surface area (Å²) >= 11 is 0. The minimum absolute atomic E-state index is 0.169. The number of benzene rings is 1. The first-order valence-electron chi connectivity index (χ1n) is 5.81. The zero-order valence-electron chi connectivity index (χ0n) is 9.61. The van der Waals surface area contributed by atoms with E-state index in [1.807, 2.05) is 0 Å². The Balaban J connectivity index is 2.27. The molecule has 1 fully saturated rings. The fourth-order valence-electron chi connectivity index (χ4n) is 2.00. The highest BCUT2D eigenvalue weighted by molar-refractivity contribution is 5.55. The van der Waals surface area contributed by atoms with Crippen LogP contribution in [0.25, 0.3) is 0 Å². The van der Waals surface area contributed by atoms with Crippen LogP contribution in [0, 0.1) is 0 Å². The van der Waals surface area contributed by atoms with Gasteiger partial charge < -0.3 is 10.6 Å². The summed E-state index contributed by atoms with van der Waals surface area (Å²) < 4.78 is 0. The first-order chi connectivity index (χ1) is 7.24. The van der Waals surface area contributed by atoms with E-state index in [1.165, 1.54) is 24.1 Å². The van der Waals surface area contributed by atoms with Crippen LogP contribution in [-0.4, -0.2) is 13.1 Å². The highest BCUT2D eigenvalue weighted by Gasteiger charge is 2.27. The highest BCUT2D eigenvalue weighted by Crippen LogP contribution is 2.34. The van der Waals surface area contributed by atoms with E-state index in [0.29, 0.717) is 0 Å². The maximum absolute atomic E-state index is 6.13. The van der Waals surface area contributed by atoms with Crippen molar-refractivity contribution in [3.63, 3.8) is 0 Å². The monoisotopic (exact) mass is 204 g/mol. The van der Waals surface area contributed by atoms with Crippen molar-refractivity contribution in [3.05, 3.63) is 29.8 Å². The molecule has 1 aromatic carbocycles. The summed E-state index contributed by atoms with van der Waals surface area (Å²) in [6.07, 6.45) is 3.65. The third-order valence-electron chi connectivity index (χ3n) is 3.25. The number of anilines is 1. The zero-order valence-corrected chi connectivity index (χ0v) is 9.61. The number of hydrogen-bond donors (Lipinski definition) is 1. The average molecular weight is 204 g/mol. The molecule has 0 heterocycles. The van der Waals surface area contributed by atoms with E-state index < -0.39 is 0 Å². The molecule has 0 aliphatic heterocycles. The summed E-state index contributed by atoms with van der Waals surface area (Å²) in [6.45, 7) is 2.14. The van der Waals surface area contributed by atoms with E-state index in [4.69, 9.17) is 5.73 Å². The van der Waals surface area contributed by atoms with Gasteiger partial charge in [-0.1, -0.05) is 25.1 Å². The van der Waals surface area contributed by atoms with Crippen LogP contribution in [-0.2, 0) is 0 Å². The molecule has 15 heavy (non-hydrogen) atoms. The second-order valence-electron chi connectivity index (χ2n) is 4.42.